The number of nitrogens with two attached hydrogens (primary N) is 1. The molecule has 1 aromatic rings. The third-order valence-electron chi connectivity index (χ3n) is 3.12. The quantitative estimate of drug-likeness (QED) is 0.668. The summed E-state index contributed by atoms with van der Waals surface area (Å²) in [6.07, 6.45) is 4.43. The van der Waals surface area contributed by atoms with Crippen LogP contribution in [0.4, 0.5) is 11.8 Å². The van der Waals surface area contributed by atoms with E-state index in [-0.39, 0.29) is 0 Å². The minimum absolute atomic E-state index is 0.392. The summed E-state index contributed by atoms with van der Waals surface area (Å²) in [5.74, 6) is 1.36. The molecule has 0 aromatic carbocycles. The van der Waals surface area contributed by atoms with Crippen molar-refractivity contribution >= 4 is 11.8 Å². The Hall–Kier alpha value is -1.36. The number of nitrogens with one attached hydrogen (secondary N) is 2. The van der Waals surface area contributed by atoms with Crippen molar-refractivity contribution in [3.05, 3.63) is 11.3 Å². The number of anilines is 2. The van der Waals surface area contributed by atoms with Crippen LogP contribution in [0.25, 0.3) is 0 Å². The maximum atomic E-state index is 5.75. The standard InChI is InChI=1S/C11H17N5/c12-11-15-9-4-6-13-5-3-8(9)10(16-11)14-7-1-2-7/h7,13H,1-6H2,(H3,12,14,15,16). The second kappa shape index (κ2) is 3.90. The van der Waals surface area contributed by atoms with Crippen molar-refractivity contribution in [2.45, 2.75) is 31.7 Å². The van der Waals surface area contributed by atoms with Crippen molar-refractivity contribution in [2.75, 3.05) is 24.1 Å². The first-order valence-electron chi connectivity index (χ1n) is 5.95. The van der Waals surface area contributed by atoms with Crippen molar-refractivity contribution in [1.29, 1.82) is 0 Å². The third-order valence-corrected chi connectivity index (χ3v) is 3.12. The zero-order chi connectivity index (χ0) is 11.0. The second-order valence-corrected chi connectivity index (χ2v) is 4.52. The SMILES string of the molecule is Nc1nc2c(c(NC3CC3)n1)CCNCC2. The van der Waals surface area contributed by atoms with Crippen molar-refractivity contribution < 1.29 is 0 Å². The number of rotatable bonds is 2. The highest BCUT2D eigenvalue weighted by Gasteiger charge is 2.24. The van der Waals surface area contributed by atoms with Crippen molar-refractivity contribution in [3.63, 3.8) is 0 Å². The predicted octanol–water partition coefficient (Wildman–Crippen LogP) is 0.321. The van der Waals surface area contributed by atoms with Crippen LogP contribution in [-0.4, -0.2) is 29.1 Å². The molecule has 0 spiro atoms. The molecule has 1 aromatic heterocycles. The van der Waals surface area contributed by atoms with E-state index in [9.17, 15) is 0 Å². The first-order chi connectivity index (χ1) is 7.83. The van der Waals surface area contributed by atoms with Crippen LogP contribution in [0.5, 0.6) is 0 Å². The van der Waals surface area contributed by atoms with Gasteiger partial charge in [-0.1, -0.05) is 0 Å². The number of hydrogen-bond donors (Lipinski definition) is 3. The molecule has 1 fully saturated rings. The molecule has 2 heterocycles. The Bertz CT molecular complexity index is 400. The zero-order valence-corrected chi connectivity index (χ0v) is 9.29. The van der Waals surface area contributed by atoms with Crippen LogP contribution < -0.4 is 16.4 Å². The fourth-order valence-electron chi connectivity index (χ4n) is 2.10. The van der Waals surface area contributed by atoms with Crippen LogP contribution in [-0.2, 0) is 12.8 Å². The minimum Gasteiger partial charge on any atom is -0.368 e. The maximum absolute atomic E-state index is 5.75. The van der Waals surface area contributed by atoms with Gasteiger partial charge in [-0.05, 0) is 25.8 Å². The molecule has 0 unspecified atom stereocenters. The number of fused-ring (bicyclic) bond motifs is 1. The Morgan fingerprint density at radius 3 is 2.81 bits per heavy atom. The fraction of sp³-hybridized carbons (Fsp3) is 0.636. The fourth-order valence-corrected chi connectivity index (χ4v) is 2.10. The van der Waals surface area contributed by atoms with Gasteiger partial charge in [0.25, 0.3) is 0 Å². The van der Waals surface area contributed by atoms with E-state index in [1.807, 2.05) is 0 Å². The smallest absolute Gasteiger partial charge is 0.222 e. The Labute approximate surface area is 94.9 Å². The molecule has 86 valence electrons. The van der Waals surface area contributed by atoms with Crippen molar-refractivity contribution in [1.82, 2.24) is 15.3 Å². The van der Waals surface area contributed by atoms with E-state index in [1.165, 1.54) is 18.4 Å². The monoisotopic (exact) mass is 219 g/mol. The molecule has 5 nitrogen and oxygen atoms in total. The van der Waals surface area contributed by atoms with Crippen LogP contribution in [0.1, 0.15) is 24.1 Å². The summed E-state index contributed by atoms with van der Waals surface area (Å²) in [7, 11) is 0. The van der Waals surface area contributed by atoms with Gasteiger partial charge in [-0.2, -0.15) is 4.98 Å². The van der Waals surface area contributed by atoms with E-state index in [0.717, 1.165) is 37.4 Å². The van der Waals surface area contributed by atoms with Crippen LogP contribution in [0.2, 0.25) is 0 Å². The van der Waals surface area contributed by atoms with Crippen molar-refractivity contribution in [2.24, 2.45) is 0 Å². The number of nitrogen functional groups attached to an aromatic ring is 1. The average Bonchev–Trinajstić information content (AvgIpc) is 3.03. The molecule has 1 aliphatic carbocycles. The summed E-state index contributed by atoms with van der Waals surface area (Å²) in [5.41, 5.74) is 8.11. The highest BCUT2D eigenvalue weighted by molar-refractivity contribution is 5.51. The largest absolute Gasteiger partial charge is 0.368 e. The molecule has 0 saturated heterocycles. The van der Waals surface area contributed by atoms with Crippen LogP contribution in [0, 0.1) is 0 Å². The molecule has 0 radical (unpaired) electrons. The molecule has 0 atom stereocenters. The zero-order valence-electron chi connectivity index (χ0n) is 9.29. The Kier molecular flexibility index (Phi) is 2.40. The summed E-state index contributed by atoms with van der Waals surface area (Å²) in [4.78, 5) is 8.68. The molecule has 0 bridgehead atoms. The lowest BCUT2D eigenvalue weighted by molar-refractivity contribution is 0.708. The molecule has 2 aliphatic rings. The highest BCUT2D eigenvalue weighted by atomic mass is 15.1. The molecule has 1 saturated carbocycles. The predicted molar refractivity (Wildman–Crippen MR) is 63.4 cm³/mol. The lowest BCUT2D eigenvalue weighted by Crippen LogP contribution is -2.16. The summed E-state index contributed by atoms with van der Waals surface area (Å²) in [6.45, 7) is 1.98. The van der Waals surface area contributed by atoms with Gasteiger partial charge in [-0.15, -0.1) is 0 Å². The van der Waals surface area contributed by atoms with Crippen LogP contribution in [0.3, 0.4) is 0 Å². The van der Waals surface area contributed by atoms with Gasteiger partial charge in [0, 0.05) is 24.6 Å². The molecule has 1 aliphatic heterocycles. The molecular weight excluding hydrogens is 202 g/mol. The summed E-state index contributed by atoms with van der Waals surface area (Å²) in [6, 6.07) is 0.606. The van der Waals surface area contributed by atoms with E-state index < -0.39 is 0 Å². The minimum atomic E-state index is 0.392. The molecule has 3 rings (SSSR count). The lowest BCUT2D eigenvalue weighted by atomic mass is 10.1. The Morgan fingerprint density at radius 2 is 2.00 bits per heavy atom. The van der Waals surface area contributed by atoms with Gasteiger partial charge < -0.3 is 16.4 Å². The Balaban J connectivity index is 1.97. The van der Waals surface area contributed by atoms with Gasteiger partial charge >= 0.3 is 0 Å². The molecule has 4 N–H and O–H groups in total. The molecular formula is C11H17N5. The van der Waals surface area contributed by atoms with Crippen molar-refractivity contribution in [3.8, 4) is 0 Å². The summed E-state index contributed by atoms with van der Waals surface area (Å²) in [5, 5.41) is 6.83. The number of aromatic nitrogens is 2. The van der Waals surface area contributed by atoms with Gasteiger partial charge in [-0.25, -0.2) is 4.98 Å². The first kappa shape index (κ1) is 9.84. The van der Waals surface area contributed by atoms with Gasteiger partial charge in [0.05, 0.1) is 5.69 Å². The van der Waals surface area contributed by atoms with E-state index in [2.05, 4.69) is 20.6 Å². The van der Waals surface area contributed by atoms with E-state index >= 15 is 0 Å². The number of nitrogens with zero attached hydrogens (tertiary/aromatic N) is 2. The summed E-state index contributed by atoms with van der Waals surface area (Å²) < 4.78 is 0. The van der Waals surface area contributed by atoms with Gasteiger partial charge in [0.2, 0.25) is 5.95 Å². The first-order valence-corrected chi connectivity index (χ1v) is 5.95. The normalized spacial score (nSPS) is 20.0. The van der Waals surface area contributed by atoms with E-state index in [4.69, 9.17) is 5.73 Å². The lowest BCUT2D eigenvalue weighted by Gasteiger charge is -2.12. The highest BCUT2D eigenvalue weighted by Crippen LogP contribution is 2.27. The Morgan fingerprint density at radius 1 is 1.19 bits per heavy atom. The molecule has 0 amide bonds. The van der Waals surface area contributed by atoms with E-state index in [0.29, 0.717) is 12.0 Å². The van der Waals surface area contributed by atoms with Crippen LogP contribution in [0.15, 0.2) is 0 Å². The molecule has 5 heteroatoms. The average molecular weight is 219 g/mol. The summed E-state index contributed by atoms with van der Waals surface area (Å²) >= 11 is 0. The third kappa shape index (κ3) is 1.95. The van der Waals surface area contributed by atoms with Gasteiger partial charge in [-0.3, -0.25) is 0 Å². The van der Waals surface area contributed by atoms with Gasteiger partial charge in [0.15, 0.2) is 0 Å². The van der Waals surface area contributed by atoms with E-state index in [1.54, 1.807) is 0 Å². The number of hydrogen-bond acceptors (Lipinski definition) is 5. The second-order valence-electron chi connectivity index (χ2n) is 4.52. The maximum Gasteiger partial charge on any atom is 0.222 e. The van der Waals surface area contributed by atoms with Gasteiger partial charge in [0.1, 0.15) is 5.82 Å². The topological polar surface area (TPSA) is 75.9 Å². The van der Waals surface area contributed by atoms with Crippen LogP contribution >= 0.6 is 0 Å². The molecule has 16 heavy (non-hydrogen) atoms.